The predicted molar refractivity (Wildman–Crippen MR) is 60.6 cm³/mol. The maximum atomic E-state index is 11.3. The van der Waals surface area contributed by atoms with Crippen molar-refractivity contribution in [1.82, 2.24) is 4.90 Å². The van der Waals surface area contributed by atoms with Gasteiger partial charge >= 0.3 is 0 Å². The Morgan fingerprint density at radius 2 is 2.36 bits per heavy atom. The van der Waals surface area contributed by atoms with Crippen LogP contribution in [0, 0.1) is 0 Å². The number of rotatable bonds is 6. The molecule has 0 aliphatic carbocycles. The Labute approximate surface area is 89.5 Å². The first kappa shape index (κ1) is 11.4. The number of carbonyl (C=O) groups excluding carboxylic acids is 1. The Bertz CT molecular complexity index is 269. The van der Waals surface area contributed by atoms with E-state index in [4.69, 9.17) is 0 Å². The zero-order chi connectivity index (χ0) is 10.4. The van der Waals surface area contributed by atoms with Crippen molar-refractivity contribution in [2.75, 3.05) is 13.6 Å². The first-order valence-corrected chi connectivity index (χ1v) is 5.88. The smallest absolute Gasteiger partial charge is 0.146 e. The number of thiophene rings is 1. The van der Waals surface area contributed by atoms with Crippen molar-refractivity contribution >= 4 is 17.1 Å². The molecule has 0 aromatic carbocycles. The molecular weight excluding hydrogens is 194 g/mol. The Morgan fingerprint density at radius 1 is 1.57 bits per heavy atom. The molecule has 1 aromatic heterocycles. The zero-order valence-electron chi connectivity index (χ0n) is 8.82. The molecule has 78 valence electrons. The third-order valence-electron chi connectivity index (χ3n) is 2.01. The van der Waals surface area contributed by atoms with Gasteiger partial charge < -0.3 is 0 Å². The van der Waals surface area contributed by atoms with E-state index in [1.54, 1.807) is 11.3 Å². The van der Waals surface area contributed by atoms with E-state index in [2.05, 4.69) is 21.7 Å². The molecule has 2 nitrogen and oxygen atoms in total. The van der Waals surface area contributed by atoms with E-state index in [0.717, 1.165) is 13.0 Å². The molecule has 1 aromatic rings. The predicted octanol–water partition coefficient (Wildman–Crippen LogP) is 2.55. The molecule has 0 amide bonds. The molecule has 0 N–H and O–H groups in total. The average molecular weight is 211 g/mol. The molecular formula is C11H17NOS. The van der Waals surface area contributed by atoms with Crippen LogP contribution in [0.15, 0.2) is 16.8 Å². The van der Waals surface area contributed by atoms with E-state index in [-0.39, 0.29) is 0 Å². The lowest BCUT2D eigenvalue weighted by molar-refractivity contribution is -0.120. The highest BCUT2D eigenvalue weighted by molar-refractivity contribution is 7.07. The van der Waals surface area contributed by atoms with Crippen LogP contribution in [0.3, 0.4) is 0 Å². The van der Waals surface area contributed by atoms with Crippen molar-refractivity contribution in [3.63, 3.8) is 0 Å². The minimum atomic E-state index is 0.338. The van der Waals surface area contributed by atoms with Crippen LogP contribution >= 0.6 is 11.3 Å². The fraction of sp³-hybridized carbons (Fsp3) is 0.545. The van der Waals surface area contributed by atoms with Gasteiger partial charge in [0.05, 0.1) is 6.54 Å². The van der Waals surface area contributed by atoms with Crippen LogP contribution in [0.2, 0.25) is 0 Å². The number of carbonyl (C=O) groups is 1. The molecule has 0 unspecified atom stereocenters. The lowest BCUT2D eigenvalue weighted by Gasteiger charge is -2.14. The summed E-state index contributed by atoms with van der Waals surface area (Å²) in [7, 11) is 1.99. The van der Waals surface area contributed by atoms with Gasteiger partial charge in [0.15, 0.2) is 0 Å². The number of likely N-dealkylation sites (N-methyl/N-ethyl adjacent to an activating group) is 1. The Hall–Kier alpha value is -0.670. The molecule has 1 rings (SSSR count). The molecule has 0 atom stereocenters. The summed E-state index contributed by atoms with van der Waals surface area (Å²) in [5, 5.41) is 4.19. The summed E-state index contributed by atoms with van der Waals surface area (Å²) >= 11 is 1.70. The summed E-state index contributed by atoms with van der Waals surface area (Å²) in [6.07, 6.45) is 1.65. The summed E-state index contributed by atoms with van der Waals surface area (Å²) < 4.78 is 0. The van der Waals surface area contributed by atoms with Crippen molar-refractivity contribution in [3.05, 3.63) is 22.4 Å². The lowest BCUT2D eigenvalue weighted by Crippen LogP contribution is -2.25. The number of nitrogens with zero attached hydrogens (tertiary/aromatic N) is 1. The molecule has 14 heavy (non-hydrogen) atoms. The summed E-state index contributed by atoms with van der Waals surface area (Å²) in [5.41, 5.74) is 1.29. The van der Waals surface area contributed by atoms with Gasteiger partial charge in [0.1, 0.15) is 5.78 Å². The molecule has 0 radical (unpaired) electrons. The highest BCUT2D eigenvalue weighted by Gasteiger charge is 2.06. The average Bonchev–Trinajstić information content (AvgIpc) is 2.56. The first-order valence-electron chi connectivity index (χ1n) is 4.93. The van der Waals surface area contributed by atoms with Crippen LogP contribution in [0.1, 0.15) is 25.3 Å². The SMILES string of the molecule is CCCC(=O)CN(C)Cc1ccsc1. The van der Waals surface area contributed by atoms with Gasteiger partial charge in [0.2, 0.25) is 0 Å². The van der Waals surface area contributed by atoms with Crippen LogP contribution in [0.4, 0.5) is 0 Å². The minimum absolute atomic E-state index is 0.338. The molecule has 3 heteroatoms. The van der Waals surface area contributed by atoms with Crippen LogP contribution in [-0.2, 0) is 11.3 Å². The van der Waals surface area contributed by atoms with Crippen LogP contribution in [0.5, 0.6) is 0 Å². The van der Waals surface area contributed by atoms with E-state index in [1.807, 2.05) is 14.0 Å². The van der Waals surface area contributed by atoms with Crippen LogP contribution in [-0.4, -0.2) is 24.3 Å². The fourth-order valence-electron chi connectivity index (χ4n) is 1.41. The largest absolute Gasteiger partial charge is 0.298 e. The van der Waals surface area contributed by atoms with Crippen molar-refractivity contribution in [2.24, 2.45) is 0 Å². The van der Waals surface area contributed by atoms with Crippen molar-refractivity contribution in [1.29, 1.82) is 0 Å². The summed E-state index contributed by atoms with van der Waals surface area (Å²) in [4.78, 5) is 13.4. The zero-order valence-corrected chi connectivity index (χ0v) is 9.64. The number of hydrogen-bond acceptors (Lipinski definition) is 3. The van der Waals surface area contributed by atoms with Gasteiger partial charge in [0, 0.05) is 13.0 Å². The molecule has 0 spiro atoms. The van der Waals surface area contributed by atoms with Gasteiger partial charge in [-0.05, 0) is 35.9 Å². The van der Waals surface area contributed by atoms with Gasteiger partial charge in [-0.25, -0.2) is 0 Å². The highest BCUT2D eigenvalue weighted by atomic mass is 32.1. The third-order valence-corrected chi connectivity index (χ3v) is 2.74. The third kappa shape index (κ3) is 4.03. The maximum Gasteiger partial charge on any atom is 0.146 e. The lowest BCUT2D eigenvalue weighted by atomic mass is 10.2. The highest BCUT2D eigenvalue weighted by Crippen LogP contribution is 2.08. The molecule has 0 fully saturated rings. The normalized spacial score (nSPS) is 10.8. The molecule has 0 saturated heterocycles. The minimum Gasteiger partial charge on any atom is -0.298 e. The van der Waals surface area contributed by atoms with Crippen molar-refractivity contribution in [3.8, 4) is 0 Å². The second kappa shape index (κ2) is 5.94. The van der Waals surface area contributed by atoms with E-state index < -0.39 is 0 Å². The number of Topliss-reactive ketones (excluding diaryl/α,β-unsaturated/α-hetero) is 1. The first-order chi connectivity index (χ1) is 6.72. The van der Waals surface area contributed by atoms with Crippen molar-refractivity contribution in [2.45, 2.75) is 26.3 Å². The molecule has 0 bridgehead atoms. The molecule has 1 heterocycles. The monoisotopic (exact) mass is 211 g/mol. The van der Waals surface area contributed by atoms with E-state index >= 15 is 0 Å². The van der Waals surface area contributed by atoms with Gasteiger partial charge in [0.25, 0.3) is 0 Å². The summed E-state index contributed by atoms with van der Waals surface area (Å²) in [5.74, 6) is 0.338. The summed E-state index contributed by atoms with van der Waals surface area (Å²) in [6.45, 7) is 3.49. The van der Waals surface area contributed by atoms with E-state index in [1.165, 1.54) is 5.56 Å². The van der Waals surface area contributed by atoms with Crippen LogP contribution < -0.4 is 0 Å². The summed E-state index contributed by atoms with van der Waals surface area (Å²) in [6, 6.07) is 2.10. The quantitative estimate of drug-likeness (QED) is 0.720. The molecule has 0 aliphatic rings. The maximum absolute atomic E-state index is 11.3. The topological polar surface area (TPSA) is 20.3 Å². The van der Waals surface area contributed by atoms with Gasteiger partial charge in [-0.15, -0.1) is 0 Å². The van der Waals surface area contributed by atoms with Gasteiger partial charge in [-0.1, -0.05) is 6.92 Å². The number of ketones is 1. The van der Waals surface area contributed by atoms with Crippen molar-refractivity contribution < 1.29 is 4.79 Å². The van der Waals surface area contributed by atoms with Crippen LogP contribution in [0.25, 0.3) is 0 Å². The molecule has 0 aliphatic heterocycles. The van der Waals surface area contributed by atoms with E-state index in [0.29, 0.717) is 18.7 Å². The second-order valence-corrected chi connectivity index (χ2v) is 4.37. The molecule has 0 saturated carbocycles. The standard InChI is InChI=1S/C11H17NOS/c1-3-4-11(13)8-12(2)7-10-5-6-14-9-10/h5-6,9H,3-4,7-8H2,1-2H3. The number of hydrogen-bond donors (Lipinski definition) is 0. The Morgan fingerprint density at radius 3 is 2.93 bits per heavy atom. The van der Waals surface area contributed by atoms with Gasteiger partial charge in [-0.2, -0.15) is 11.3 Å². The fourth-order valence-corrected chi connectivity index (χ4v) is 2.07. The Balaban J connectivity index is 2.29. The van der Waals surface area contributed by atoms with E-state index in [9.17, 15) is 4.79 Å². The van der Waals surface area contributed by atoms with Gasteiger partial charge in [-0.3, -0.25) is 9.69 Å². The second-order valence-electron chi connectivity index (χ2n) is 3.59. The Kier molecular flexibility index (Phi) is 4.84.